The number of nitrogens with zero attached hydrogens (tertiary/aromatic N) is 3. The largest absolute Gasteiger partial charge is 0.479 e. The van der Waals surface area contributed by atoms with Gasteiger partial charge in [0.1, 0.15) is 11.6 Å². The third kappa shape index (κ3) is 5.10. The van der Waals surface area contributed by atoms with E-state index in [9.17, 15) is 4.79 Å². The normalized spacial score (nSPS) is 12.3. The molecular weight excluding hydrogens is 294 g/mol. The molecule has 1 aromatic carbocycles. The Hall–Kier alpha value is -2.34. The van der Waals surface area contributed by atoms with E-state index in [0.717, 1.165) is 31.0 Å². The molecule has 6 nitrogen and oxygen atoms in total. The zero-order chi connectivity index (χ0) is 16.8. The quantitative estimate of drug-likeness (QED) is 0.808. The zero-order valence-corrected chi connectivity index (χ0v) is 13.8. The SMILES string of the molecule is Cc1nccn1CCN(C)Cc1ccc(OC(C)C(=O)O)cc1. The standard InChI is InChI=1S/C17H23N3O3/c1-13(17(21)22)23-16-6-4-15(5-7-16)12-19(3)10-11-20-9-8-18-14(20)2/h4-9,13H,10-12H2,1-3H3,(H,21,22). The number of likely N-dealkylation sites (N-methyl/N-ethyl adjacent to an activating group) is 1. The van der Waals surface area contributed by atoms with Crippen LogP contribution in [0.15, 0.2) is 36.7 Å². The molecule has 1 heterocycles. The van der Waals surface area contributed by atoms with Crippen LogP contribution in [0.5, 0.6) is 5.75 Å². The number of carboxylic acid groups (broad SMARTS) is 1. The molecule has 0 bridgehead atoms. The summed E-state index contributed by atoms with van der Waals surface area (Å²) in [6.45, 7) is 6.16. The second kappa shape index (κ2) is 7.78. The van der Waals surface area contributed by atoms with Gasteiger partial charge in [0.05, 0.1) is 0 Å². The Kier molecular flexibility index (Phi) is 5.76. The minimum atomic E-state index is -0.969. The Morgan fingerprint density at radius 2 is 2.09 bits per heavy atom. The monoisotopic (exact) mass is 317 g/mol. The fraction of sp³-hybridized carbons (Fsp3) is 0.412. The first-order chi connectivity index (χ1) is 11.0. The van der Waals surface area contributed by atoms with Gasteiger partial charge in [-0.2, -0.15) is 0 Å². The van der Waals surface area contributed by atoms with Crippen LogP contribution in [0.1, 0.15) is 18.3 Å². The molecule has 1 atom stereocenters. The van der Waals surface area contributed by atoms with Crippen LogP contribution in [-0.4, -0.2) is 45.2 Å². The maximum absolute atomic E-state index is 10.8. The molecule has 2 aromatic rings. The van der Waals surface area contributed by atoms with E-state index in [1.165, 1.54) is 6.92 Å². The van der Waals surface area contributed by atoms with Crippen molar-refractivity contribution < 1.29 is 14.6 Å². The van der Waals surface area contributed by atoms with Gasteiger partial charge in [-0.1, -0.05) is 12.1 Å². The summed E-state index contributed by atoms with van der Waals surface area (Å²) in [7, 11) is 2.07. The topological polar surface area (TPSA) is 67.6 Å². The minimum Gasteiger partial charge on any atom is -0.479 e. The second-order valence-corrected chi connectivity index (χ2v) is 5.65. The first-order valence-corrected chi connectivity index (χ1v) is 7.60. The highest BCUT2D eigenvalue weighted by atomic mass is 16.5. The number of hydrogen-bond acceptors (Lipinski definition) is 4. The van der Waals surface area contributed by atoms with Crippen LogP contribution in [0.25, 0.3) is 0 Å². The first kappa shape index (κ1) is 17.0. The van der Waals surface area contributed by atoms with E-state index in [-0.39, 0.29) is 0 Å². The van der Waals surface area contributed by atoms with E-state index in [1.807, 2.05) is 43.6 Å². The maximum Gasteiger partial charge on any atom is 0.344 e. The fourth-order valence-electron chi connectivity index (χ4n) is 2.24. The molecular formula is C17H23N3O3. The van der Waals surface area contributed by atoms with Gasteiger partial charge in [0.15, 0.2) is 6.10 Å². The van der Waals surface area contributed by atoms with Gasteiger partial charge in [0.25, 0.3) is 0 Å². The number of rotatable bonds is 8. The summed E-state index contributed by atoms with van der Waals surface area (Å²) in [5, 5.41) is 8.84. The predicted octanol–water partition coefficient (Wildman–Crippen LogP) is 2.18. The van der Waals surface area contributed by atoms with Crippen molar-refractivity contribution >= 4 is 5.97 Å². The lowest BCUT2D eigenvalue weighted by atomic mass is 10.2. The van der Waals surface area contributed by atoms with Crippen molar-refractivity contribution in [1.29, 1.82) is 0 Å². The van der Waals surface area contributed by atoms with Gasteiger partial charge in [0, 0.05) is 32.0 Å². The Labute approximate surface area is 136 Å². The molecule has 1 unspecified atom stereocenters. The summed E-state index contributed by atoms with van der Waals surface area (Å²) in [6, 6.07) is 7.54. The summed E-state index contributed by atoms with van der Waals surface area (Å²) >= 11 is 0. The minimum absolute atomic E-state index is 0.570. The van der Waals surface area contributed by atoms with Crippen LogP contribution in [0.3, 0.4) is 0 Å². The van der Waals surface area contributed by atoms with Gasteiger partial charge in [0.2, 0.25) is 0 Å². The van der Waals surface area contributed by atoms with Gasteiger partial charge in [-0.3, -0.25) is 0 Å². The van der Waals surface area contributed by atoms with E-state index in [1.54, 1.807) is 0 Å². The van der Waals surface area contributed by atoms with Crippen LogP contribution >= 0.6 is 0 Å². The molecule has 23 heavy (non-hydrogen) atoms. The maximum atomic E-state index is 10.8. The highest BCUT2D eigenvalue weighted by Gasteiger charge is 2.12. The molecule has 0 amide bonds. The average Bonchev–Trinajstić information content (AvgIpc) is 2.92. The molecule has 1 aromatic heterocycles. The van der Waals surface area contributed by atoms with Gasteiger partial charge >= 0.3 is 5.97 Å². The predicted molar refractivity (Wildman–Crippen MR) is 87.5 cm³/mol. The highest BCUT2D eigenvalue weighted by molar-refractivity contribution is 5.72. The second-order valence-electron chi connectivity index (χ2n) is 5.65. The summed E-state index contributed by atoms with van der Waals surface area (Å²) in [6.07, 6.45) is 2.95. The molecule has 0 aliphatic carbocycles. The van der Waals surface area contributed by atoms with Crippen molar-refractivity contribution in [2.24, 2.45) is 0 Å². The third-order valence-corrected chi connectivity index (χ3v) is 3.68. The fourth-order valence-corrected chi connectivity index (χ4v) is 2.24. The summed E-state index contributed by atoms with van der Waals surface area (Å²) < 4.78 is 7.45. The Bertz CT molecular complexity index is 637. The van der Waals surface area contributed by atoms with Crippen molar-refractivity contribution in [1.82, 2.24) is 14.5 Å². The number of aryl methyl sites for hydroxylation is 1. The number of imidazole rings is 1. The molecule has 0 fully saturated rings. The number of carboxylic acids is 1. The molecule has 0 aliphatic rings. The third-order valence-electron chi connectivity index (χ3n) is 3.68. The molecule has 0 saturated carbocycles. The lowest BCUT2D eigenvalue weighted by Gasteiger charge is -2.18. The van der Waals surface area contributed by atoms with E-state index in [4.69, 9.17) is 9.84 Å². The smallest absolute Gasteiger partial charge is 0.344 e. The van der Waals surface area contributed by atoms with Crippen LogP contribution < -0.4 is 4.74 Å². The van der Waals surface area contributed by atoms with Crippen molar-refractivity contribution in [2.45, 2.75) is 33.0 Å². The highest BCUT2D eigenvalue weighted by Crippen LogP contribution is 2.15. The van der Waals surface area contributed by atoms with E-state index in [2.05, 4.69) is 21.5 Å². The van der Waals surface area contributed by atoms with Gasteiger partial charge in [-0.15, -0.1) is 0 Å². The summed E-state index contributed by atoms with van der Waals surface area (Å²) in [4.78, 5) is 17.2. The van der Waals surface area contributed by atoms with E-state index >= 15 is 0 Å². The number of carbonyl (C=O) groups is 1. The molecule has 0 radical (unpaired) electrons. The zero-order valence-electron chi connectivity index (χ0n) is 13.8. The van der Waals surface area contributed by atoms with Crippen molar-refractivity contribution in [3.05, 3.63) is 48.0 Å². The Morgan fingerprint density at radius 3 is 2.65 bits per heavy atom. The van der Waals surface area contributed by atoms with Crippen LogP contribution in [0, 0.1) is 6.92 Å². The number of aromatic nitrogens is 2. The molecule has 0 spiro atoms. The first-order valence-electron chi connectivity index (χ1n) is 7.60. The molecule has 1 N–H and O–H groups in total. The lowest BCUT2D eigenvalue weighted by Crippen LogP contribution is -2.23. The molecule has 0 aliphatic heterocycles. The van der Waals surface area contributed by atoms with Crippen molar-refractivity contribution in [3.63, 3.8) is 0 Å². The number of ether oxygens (including phenoxy) is 1. The molecule has 2 rings (SSSR count). The summed E-state index contributed by atoms with van der Waals surface area (Å²) in [5.41, 5.74) is 1.16. The molecule has 0 saturated heterocycles. The number of aliphatic carboxylic acids is 1. The van der Waals surface area contributed by atoms with Crippen LogP contribution in [0.4, 0.5) is 0 Å². The van der Waals surface area contributed by atoms with E-state index < -0.39 is 12.1 Å². The summed E-state index contributed by atoms with van der Waals surface area (Å²) in [5.74, 6) is 0.622. The van der Waals surface area contributed by atoms with Crippen molar-refractivity contribution in [3.8, 4) is 5.75 Å². The lowest BCUT2D eigenvalue weighted by molar-refractivity contribution is -0.144. The van der Waals surface area contributed by atoms with Gasteiger partial charge in [-0.05, 0) is 38.6 Å². The molecule has 6 heteroatoms. The van der Waals surface area contributed by atoms with E-state index in [0.29, 0.717) is 5.75 Å². The average molecular weight is 317 g/mol. The Balaban J connectivity index is 1.83. The Morgan fingerprint density at radius 1 is 1.39 bits per heavy atom. The molecule has 124 valence electrons. The van der Waals surface area contributed by atoms with Crippen LogP contribution in [0.2, 0.25) is 0 Å². The van der Waals surface area contributed by atoms with Gasteiger partial charge < -0.3 is 19.3 Å². The van der Waals surface area contributed by atoms with Crippen molar-refractivity contribution in [2.75, 3.05) is 13.6 Å². The number of benzene rings is 1. The van der Waals surface area contributed by atoms with Gasteiger partial charge in [-0.25, -0.2) is 9.78 Å². The number of hydrogen-bond donors (Lipinski definition) is 1. The van der Waals surface area contributed by atoms with Crippen LogP contribution in [-0.2, 0) is 17.9 Å².